The highest BCUT2D eigenvalue weighted by Gasteiger charge is 2.44. The summed E-state index contributed by atoms with van der Waals surface area (Å²) in [7, 11) is 0. The molecular weight excluding hydrogens is 330 g/mol. The standard InChI is InChI=1S/C20H29N3OS/c1-2-24-19-9-4-3-8-18(19)22-20(25)21-14-12-16-6-5-7-17(13-14)23(16)15-10-11-15/h3-4,8-9,14-17H,2,5-7,10-13H2,1H3,(H2,21,22,25)/t16-,17-/m1/s1. The zero-order valence-electron chi connectivity index (χ0n) is 15.0. The van der Waals surface area contributed by atoms with Crippen molar-refractivity contribution >= 4 is 23.0 Å². The molecule has 25 heavy (non-hydrogen) atoms. The van der Waals surface area contributed by atoms with Crippen molar-refractivity contribution in [1.82, 2.24) is 10.2 Å². The number of ether oxygens (including phenoxy) is 1. The van der Waals surface area contributed by atoms with Gasteiger partial charge in [-0.1, -0.05) is 18.6 Å². The van der Waals surface area contributed by atoms with Crippen LogP contribution in [0.3, 0.4) is 0 Å². The van der Waals surface area contributed by atoms with E-state index < -0.39 is 0 Å². The van der Waals surface area contributed by atoms with Gasteiger partial charge in [-0.15, -0.1) is 0 Å². The van der Waals surface area contributed by atoms with Crippen molar-refractivity contribution in [3.8, 4) is 5.75 Å². The van der Waals surface area contributed by atoms with E-state index in [0.717, 1.165) is 34.7 Å². The number of benzene rings is 1. The van der Waals surface area contributed by atoms with Crippen molar-refractivity contribution in [3.05, 3.63) is 24.3 Å². The van der Waals surface area contributed by atoms with Crippen LogP contribution in [0, 0.1) is 0 Å². The fourth-order valence-corrected chi connectivity index (χ4v) is 4.98. The van der Waals surface area contributed by atoms with Gasteiger partial charge in [-0.05, 0) is 69.8 Å². The van der Waals surface area contributed by atoms with Gasteiger partial charge in [0.2, 0.25) is 0 Å². The van der Waals surface area contributed by atoms with Gasteiger partial charge in [0.15, 0.2) is 5.11 Å². The quantitative estimate of drug-likeness (QED) is 0.780. The number of rotatable bonds is 5. The average Bonchev–Trinajstić information content (AvgIpc) is 3.41. The minimum Gasteiger partial charge on any atom is -0.492 e. The number of fused-ring (bicyclic) bond motifs is 2. The fraction of sp³-hybridized carbons (Fsp3) is 0.650. The lowest BCUT2D eigenvalue weighted by Gasteiger charge is -2.49. The Morgan fingerprint density at radius 1 is 1.12 bits per heavy atom. The molecule has 0 amide bonds. The van der Waals surface area contributed by atoms with Crippen LogP contribution in [0.1, 0.15) is 51.9 Å². The number of hydrogen-bond donors (Lipinski definition) is 2. The monoisotopic (exact) mass is 359 g/mol. The first-order chi connectivity index (χ1) is 12.2. The zero-order chi connectivity index (χ0) is 17.2. The Labute approximate surface area is 156 Å². The Balaban J connectivity index is 1.36. The first-order valence-corrected chi connectivity index (χ1v) is 10.2. The number of para-hydroxylation sites is 2. The van der Waals surface area contributed by atoms with E-state index in [-0.39, 0.29) is 0 Å². The highest BCUT2D eigenvalue weighted by Crippen LogP contribution is 2.41. The topological polar surface area (TPSA) is 36.5 Å². The normalized spacial score (nSPS) is 29.1. The maximum Gasteiger partial charge on any atom is 0.171 e. The van der Waals surface area contributed by atoms with Crippen molar-refractivity contribution in [3.63, 3.8) is 0 Å². The number of nitrogens with zero attached hydrogens (tertiary/aromatic N) is 1. The average molecular weight is 360 g/mol. The van der Waals surface area contributed by atoms with Crippen LogP contribution in [0.4, 0.5) is 5.69 Å². The summed E-state index contributed by atoms with van der Waals surface area (Å²) in [5.41, 5.74) is 0.942. The minimum atomic E-state index is 0.490. The van der Waals surface area contributed by atoms with E-state index >= 15 is 0 Å². The predicted molar refractivity (Wildman–Crippen MR) is 106 cm³/mol. The molecule has 2 saturated heterocycles. The summed E-state index contributed by atoms with van der Waals surface area (Å²) in [6, 6.07) is 10.9. The molecule has 1 aromatic carbocycles. The molecule has 0 radical (unpaired) electrons. The molecule has 4 rings (SSSR count). The van der Waals surface area contributed by atoms with Crippen LogP contribution in [0.2, 0.25) is 0 Å². The summed E-state index contributed by atoms with van der Waals surface area (Å²) in [5, 5.41) is 7.64. The molecule has 1 aromatic rings. The van der Waals surface area contributed by atoms with Crippen molar-refractivity contribution in [2.75, 3.05) is 11.9 Å². The van der Waals surface area contributed by atoms with Crippen LogP contribution < -0.4 is 15.4 Å². The number of nitrogens with one attached hydrogen (secondary N) is 2. The zero-order valence-corrected chi connectivity index (χ0v) is 15.9. The molecule has 4 nitrogen and oxygen atoms in total. The number of piperidine rings is 2. The Morgan fingerprint density at radius 2 is 1.84 bits per heavy atom. The molecule has 0 aromatic heterocycles. The largest absolute Gasteiger partial charge is 0.492 e. The summed E-state index contributed by atoms with van der Waals surface area (Å²) >= 11 is 5.59. The lowest BCUT2D eigenvalue weighted by atomic mass is 9.81. The molecule has 1 aliphatic carbocycles. The summed E-state index contributed by atoms with van der Waals surface area (Å²) in [6.45, 7) is 2.65. The molecule has 1 saturated carbocycles. The maximum atomic E-state index is 5.68. The summed E-state index contributed by atoms with van der Waals surface area (Å²) in [4.78, 5) is 2.85. The van der Waals surface area contributed by atoms with Gasteiger partial charge in [0.1, 0.15) is 5.75 Å². The Bertz CT molecular complexity index is 605. The Kier molecular flexibility index (Phi) is 5.13. The Hall–Kier alpha value is -1.33. The van der Waals surface area contributed by atoms with Crippen molar-refractivity contribution in [1.29, 1.82) is 0 Å². The molecule has 2 bridgehead atoms. The third-order valence-electron chi connectivity index (χ3n) is 5.77. The van der Waals surface area contributed by atoms with E-state index in [9.17, 15) is 0 Å². The van der Waals surface area contributed by atoms with Crippen LogP contribution in [0.5, 0.6) is 5.75 Å². The molecule has 2 N–H and O–H groups in total. The lowest BCUT2D eigenvalue weighted by Crippen LogP contribution is -2.57. The van der Waals surface area contributed by atoms with E-state index in [0.29, 0.717) is 12.6 Å². The molecule has 3 aliphatic rings. The van der Waals surface area contributed by atoms with Gasteiger partial charge in [0.25, 0.3) is 0 Å². The smallest absolute Gasteiger partial charge is 0.171 e. The molecule has 2 aliphatic heterocycles. The number of anilines is 1. The molecule has 2 heterocycles. The first kappa shape index (κ1) is 17.1. The third-order valence-corrected chi connectivity index (χ3v) is 5.99. The third kappa shape index (κ3) is 3.93. The van der Waals surface area contributed by atoms with Crippen molar-refractivity contribution in [2.45, 2.75) is 76.0 Å². The minimum absolute atomic E-state index is 0.490. The summed E-state index contributed by atoms with van der Waals surface area (Å²) in [6.07, 6.45) is 9.40. The molecule has 0 unspecified atom stereocenters. The molecule has 2 atom stereocenters. The van der Waals surface area contributed by atoms with E-state index in [1.54, 1.807) is 0 Å². The highest BCUT2D eigenvalue weighted by molar-refractivity contribution is 7.80. The summed E-state index contributed by atoms with van der Waals surface area (Å²) < 4.78 is 5.68. The van der Waals surface area contributed by atoms with E-state index in [2.05, 4.69) is 15.5 Å². The van der Waals surface area contributed by atoms with Crippen LogP contribution in [0.15, 0.2) is 24.3 Å². The van der Waals surface area contributed by atoms with Crippen LogP contribution >= 0.6 is 12.2 Å². The van der Waals surface area contributed by atoms with E-state index in [4.69, 9.17) is 17.0 Å². The van der Waals surface area contributed by atoms with Gasteiger partial charge in [0.05, 0.1) is 12.3 Å². The van der Waals surface area contributed by atoms with Gasteiger partial charge in [-0.2, -0.15) is 0 Å². The number of hydrogen-bond acceptors (Lipinski definition) is 3. The molecule has 5 heteroatoms. The van der Waals surface area contributed by atoms with Crippen molar-refractivity contribution in [2.24, 2.45) is 0 Å². The molecule has 0 spiro atoms. The Morgan fingerprint density at radius 3 is 2.52 bits per heavy atom. The number of thiocarbonyl (C=S) groups is 1. The van der Waals surface area contributed by atoms with Crippen molar-refractivity contribution < 1.29 is 4.74 Å². The second-order valence-corrected chi connectivity index (χ2v) is 8.02. The second-order valence-electron chi connectivity index (χ2n) is 7.61. The van der Waals surface area contributed by atoms with E-state index in [1.807, 2.05) is 31.2 Å². The lowest BCUT2D eigenvalue weighted by molar-refractivity contribution is 0.0209. The fourth-order valence-electron chi connectivity index (χ4n) is 4.70. The molecule has 136 valence electrons. The summed E-state index contributed by atoms with van der Waals surface area (Å²) in [5.74, 6) is 0.856. The van der Waals surface area contributed by atoms with Gasteiger partial charge in [0, 0.05) is 24.2 Å². The van der Waals surface area contributed by atoms with Crippen LogP contribution in [-0.4, -0.2) is 40.8 Å². The van der Waals surface area contributed by atoms with E-state index in [1.165, 1.54) is 44.9 Å². The predicted octanol–water partition coefficient (Wildman–Crippen LogP) is 3.92. The van der Waals surface area contributed by atoms with Gasteiger partial charge in [-0.25, -0.2) is 0 Å². The molecular formula is C20H29N3OS. The van der Waals surface area contributed by atoms with Crippen LogP contribution in [0.25, 0.3) is 0 Å². The van der Waals surface area contributed by atoms with Crippen LogP contribution in [-0.2, 0) is 0 Å². The maximum absolute atomic E-state index is 5.68. The second kappa shape index (κ2) is 7.50. The van der Waals surface area contributed by atoms with Gasteiger partial charge >= 0.3 is 0 Å². The first-order valence-electron chi connectivity index (χ1n) is 9.81. The van der Waals surface area contributed by atoms with Gasteiger partial charge in [-0.3, -0.25) is 4.90 Å². The van der Waals surface area contributed by atoms with Gasteiger partial charge < -0.3 is 15.4 Å². The highest BCUT2D eigenvalue weighted by atomic mass is 32.1. The molecule has 3 fully saturated rings. The SMILES string of the molecule is CCOc1ccccc1NC(=S)NC1C[C@H]2CCC[C@H](C1)N2C1CC1.